The van der Waals surface area contributed by atoms with Gasteiger partial charge in [0.2, 0.25) is 0 Å². The highest BCUT2D eigenvalue weighted by Gasteiger charge is 2.30. The quantitative estimate of drug-likeness (QED) is 0.165. The molecule has 3 aromatic heterocycles. The molecule has 2 atom stereocenters. The molecule has 0 amide bonds. The minimum atomic E-state index is 0.0573. The number of hydrogen-bond acceptors (Lipinski definition) is 3. The summed E-state index contributed by atoms with van der Waals surface area (Å²) in [5.74, 6) is 0.229. The van der Waals surface area contributed by atoms with Gasteiger partial charge in [0.25, 0.3) is 0 Å². The molecule has 4 nitrogen and oxygen atoms in total. The van der Waals surface area contributed by atoms with E-state index in [2.05, 4.69) is 249 Å². The van der Waals surface area contributed by atoms with Gasteiger partial charge in [0.15, 0.2) is 0 Å². The highest BCUT2D eigenvalue weighted by molar-refractivity contribution is 6.16. The first-order valence-corrected chi connectivity index (χ1v) is 26.7. The first kappa shape index (κ1) is 44.8. The molecule has 0 fully saturated rings. The molecular formula is C71H56N2O2. The van der Waals surface area contributed by atoms with E-state index in [1.54, 1.807) is 0 Å². The lowest BCUT2D eigenvalue weighted by Gasteiger charge is -2.36. The molecular weight excluding hydrogens is 913 g/mol. The lowest BCUT2D eigenvalue weighted by molar-refractivity contribution is 0.522. The summed E-state index contributed by atoms with van der Waals surface area (Å²) < 4.78 is 16.1. The second kappa shape index (κ2) is 18.3. The zero-order valence-corrected chi connectivity index (χ0v) is 42.5. The van der Waals surface area contributed by atoms with Crippen LogP contribution >= 0.6 is 0 Å². The van der Waals surface area contributed by atoms with Crippen LogP contribution in [0.15, 0.2) is 244 Å². The summed E-state index contributed by atoms with van der Waals surface area (Å²) in [6.07, 6.45) is 8.75. The van der Waals surface area contributed by atoms with Crippen molar-refractivity contribution in [2.45, 2.75) is 52.5 Å². The molecule has 362 valence electrons. The molecule has 0 spiro atoms. The van der Waals surface area contributed by atoms with Crippen LogP contribution in [0.2, 0.25) is 0 Å². The van der Waals surface area contributed by atoms with E-state index in [1.807, 2.05) is 0 Å². The van der Waals surface area contributed by atoms with Gasteiger partial charge in [-0.05, 0) is 143 Å². The minimum Gasteiger partial charge on any atom is -0.456 e. The monoisotopic (exact) mass is 968 g/mol. The molecule has 2 aliphatic rings. The van der Waals surface area contributed by atoms with Crippen molar-refractivity contribution in [3.63, 3.8) is 0 Å². The fraction of sp³-hybridized carbons (Fsp3) is 0.127. The van der Waals surface area contributed by atoms with Gasteiger partial charge in [0.05, 0.1) is 17.1 Å². The number of rotatable bonds is 8. The molecule has 0 saturated carbocycles. The van der Waals surface area contributed by atoms with E-state index in [1.165, 1.54) is 72.2 Å². The highest BCUT2D eigenvalue weighted by atomic mass is 16.3. The third-order valence-corrected chi connectivity index (χ3v) is 16.5. The number of furan rings is 2. The molecule has 14 rings (SSSR count). The van der Waals surface area contributed by atoms with Crippen molar-refractivity contribution in [2.75, 3.05) is 0 Å². The van der Waals surface area contributed by atoms with E-state index in [9.17, 15) is 0 Å². The Bertz CT molecular complexity index is 4350. The molecule has 1 N–H and O–H groups in total. The predicted molar refractivity (Wildman–Crippen MR) is 315 cm³/mol. The maximum Gasteiger partial charge on any atom is 0.143 e. The van der Waals surface area contributed by atoms with Crippen LogP contribution in [0.4, 0.5) is 0 Å². The number of benzene rings is 9. The normalized spacial score (nSPS) is 18.4. The van der Waals surface area contributed by atoms with Crippen molar-refractivity contribution in [1.82, 2.24) is 9.88 Å². The van der Waals surface area contributed by atoms with E-state index in [-0.39, 0.29) is 12.0 Å². The highest BCUT2D eigenvalue weighted by Crippen LogP contribution is 2.46. The zero-order chi connectivity index (χ0) is 50.1. The SMILES string of the molecule is CC/C1=C(\c2ccccc2)NC(C2=CCCC(c3cccc4oc5ccc(-c6cc(-n7c8ccccc8c8cc(-c9ccccc9)ccc87)cc7c6oc6ccccc67)cc5c34)=C2)C(C)/C(C)=C(/c2ccccc2)C1. The molecule has 1 aliphatic heterocycles. The average Bonchev–Trinajstić information content (AvgIpc) is 4.21. The molecule has 1 aliphatic carbocycles. The van der Waals surface area contributed by atoms with E-state index in [0.717, 1.165) is 97.4 Å². The summed E-state index contributed by atoms with van der Waals surface area (Å²) in [6, 6.07) is 74.8. The van der Waals surface area contributed by atoms with Crippen molar-refractivity contribution >= 4 is 82.5 Å². The number of hydrogen-bond donors (Lipinski definition) is 1. The summed E-state index contributed by atoms with van der Waals surface area (Å²) in [5.41, 5.74) is 23.4. The first-order chi connectivity index (χ1) is 37.0. The van der Waals surface area contributed by atoms with Crippen LogP contribution in [-0.2, 0) is 0 Å². The number of fused-ring (bicyclic) bond motifs is 9. The molecule has 4 heteroatoms. The number of nitrogens with zero attached hydrogens (tertiary/aromatic N) is 1. The summed E-state index contributed by atoms with van der Waals surface area (Å²) in [6.45, 7) is 7.09. The van der Waals surface area contributed by atoms with Gasteiger partial charge in [0.1, 0.15) is 22.3 Å². The summed E-state index contributed by atoms with van der Waals surface area (Å²) in [7, 11) is 0. The Kier molecular flexibility index (Phi) is 10.9. The van der Waals surface area contributed by atoms with Gasteiger partial charge in [0, 0.05) is 55.2 Å². The van der Waals surface area contributed by atoms with Gasteiger partial charge >= 0.3 is 0 Å². The van der Waals surface area contributed by atoms with Crippen LogP contribution in [0.1, 0.15) is 63.1 Å². The third kappa shape index (κ3) is 7.58. The lowest BCUT2D eigenvalue weighted by atomic mass is 9.78. The molecule has 0 saturated heterocycles. The smallest absolute Gasteiger partial charge is 0.143 e. The Morgan fingerprint density at radius 1 is 0.533 bits per heavy atom. The van der Waals surface area contributed by atoms with Gasteiger partial charge in [-0.1, -0.05) is 183 Å². The molecule has 2 unspecified atom stereocenters. The summed E-state index contributed by atoms with van der Waals surface area (Å²) in [5, 5.41) is 11.1. The number of allylic oxidation sites excluding steroid dienone is 4. The Morgan fingerprint density at radius 3 is 2.00 bits per heavy atom. The second-order valence-electron chi connectivity index (χ2n) is 20.6. The van der Waals surface area contributed by atoms with Crippen LogP contribution in [0.25, 0.3) is 110 Å². The fourth-order valence-corrected chi connectivity index (χ4v) is 12.5. The van der Waals surface area contributed by atoms with Crippen LogP contribution in [0.3, 0.4) is 0 Å². The third-order valence-electron chi connectivity index (χ3n) is 16.5. The minimum absolute atomic E-state index is 0.0573. The molecule has 0 radical (unpaired) electrons. The molecule has 9 aromatic carbocycles. The van der Waals surface area contributed by atoms with Crippen molar-refractivity contribution in [2.24, 2.45) is 5.92 Å². The molecule has 0 bridgehead atoms. The molecule has 75 heavy (non-hydrogen) atoms. The predicted octanol–water partition coefficient (Wildman–Crippen LogP) is 19.3. The number of para-hydroxylation sites is 2. The lowest BCUT2D eigenvalue weighted by Crippen LogP contribution is -2.38. The van der Waals surface area contributed by atoms with Crippen LogP contribution in [0, 0.1) is 5.92 Å². The van der Waals surface area contributed by atoms with Gasteiger partial charge in [-0.3, -0.25) is 0 Å². The van der Waals surface area contributed by atoms with Gasteiger partial charge < -0.3 is 18.7 Å². The van der Waals surface area contributed by atoms with E-state index < -0.39 is 0 Å². The Labute approximate surface area is 437 Å². The Morgan fingerprint density at radius 2 is 1.20 bits per heavy atom. The number of aromatic nitrogens is 1. The molecule has 4 heterocycles. The van der Waals surface area contributed by atoms with Crippen LogP contribution < -0.4 is 5.32 Å². The van der Waals surface area contributed by atoms with E-state index in [0.29, 0.717) is 0 Å². The van der Waals surface area contributed by atoms with E-state index >= 15 is 0 Å². The standard InChI is InChI=1S/C71H56N2O2/c1-4-46-39-58(48-22-10-6-11-23-48)44(2)45(3)69(72-70(46)49-24-12-7-13-25-49)53-27-18-26-51(38-53)55-30-19-33-67-68(55)62-41-52(35-37-66(62)74-67)59-42-54(43-61-57-29-15-17-32-65(57)75-71(59)61)73-63-31-16-14-28-56(63)60-40-50(34-36-64(60)73)47-20-8-5-9-21-47/h5-17,19-25,27-38,40-43,45,69,72H,4,18,26,39H2,1-3H3/b58-44+,70-46-. The van der Waals surface area contributed by atoms with Crippen molar-refractivity contribution < 1.29 is 8.83 Å². The largest absolute Gasteiger partial charge is 0.456 e. The van der Waals surface area contributed by atoms with Crippen LogP contribution in [-0.4, -0.2) is 10.6 Å². The van der Waals surface area contributed by atoms with E-state index in [4.69, 9.17) is 8.83 Å². The summed E-state index contributed by atoms with van der Waals surface area (Å²) >= 11 is 0. The maximum atomic E-state index is 6.87. The van der Waals surface area contributed by atoms with Crippen LogP contribution in [0.5, 0.6) is 0 Å². The topological polar surface area (TPSA) is 43.2 Å². The maximum absolute atomic E-state index is 6.87. The first-order valence-electron chi connectivity index (χ1n) is 26.7. The number of nitrogens with one attached hydrogen (secondary N) is 1. The average molecular weight is 969 g/mol. The Hall–Kier alpha value is -8.86. The van der Waals surface area contributed by atoms with Crippen molar-refractivity contribution in [3.05, 3.63) is 252 Å². The van der Waals surface area contributed by atoms with Crippen molar-refractivity contribution in [1.29, 1.82) is 0 Å². The Balaban J connectivity index is 0.917. The fourth-order valence-electron chi connectivity index (χ4n) is 12.5. The van der Waals surface area contributed by atoms with Crippen molar-refractivity contribution in [3.8, 4) is 27.9 Å². The summed E-state index contributed by atoms with van der Waals surface area (Å²) in [4.78, 5) is 0. The van der Waals surface area contributed by atoms with Gasteiger partial charge in [-0.15, -0.1) is 0 Å². The zero-order valence-electron chi connectivity index (χ0n) is 42.5. The molecule has 12 aromatic rings. The second-order valence-corrected chi connectivity index (χ2v) is 20.6. The van der Waals surface area contributed by atoms with Gasteiger partial charge in [-0.25, -0.2) is 0 Å². The van der Waals surface area contributed by atoms with Gasteiger partial charge in [-0.2, -0.15) is 0 Å².